The van der Waals surface area contributed by atoms with E-state index in [4.69, 9.17) is 0 Å². The van der Waals surface area contributed by atoms with Crippen molar-refractivity contribution in [1.82, 2.24) is 0 Å². The van der Waals surface area contributed by atoms with E-state index in [1.165, 1.54) is 0 Å². The third-order valence-electron chi connectivity index (χ3n) is 3.67. The Morgan fingerprint density at radius 2 is 1.71 bits per heavy atom. The molecule has 1 rings (SSSR count). The molecule has 5 nitrogen and oxygen atoms in total. The van der Waals surface area contributed by atoms with Crippen molar-refractivity contribution in [2.75, 3.05) is 32.8 Å². The van der Waals surface area contributed by atoms with Gasteiger partial charge in [0.25, 0.3) is 0 Å². The number of carboxylic acid groups (broad SMARTS) is 1. The van der Waals surface area contributed by atoms with E-state index in [-0.39, 0.29) is 43.4 Å². The summed E-state index contributed by atoms with van der Waals surface area (Å²) in [6.07, 6.45) is 0. The summed E-state index contributed by atoms with van der Waals surface area (Å²) in [5.74, 6) is -0.959. The van der Waals surface area contributed by atoms with Crippen LogP contribution in [0.2, 0.25) is 0 Å². The Labute approximate surface area is 125 Å². The van der Waals surface area contributed by atoms with Crippen LogP contribution in [0, 0.1) is 0 Å². The molecule has 0 heterocycles. The lowest BCUT2D eigenvalue weighted by molar-refractivity contribution is -0.946. The van der Waals surface area contributed by atoms with Gasteiger partial charge in [-0.15, -0.1) is 0 Å². The molecule has 0 fully saturated rings. The largest absolute Gasteiger partial charge is 0.477 e. The van der Waals surface area contributed by atoms with Crippen LogP contribution in [-0.4, -0.2) is 58.6 Å². The van der Waals surface area contributed by atoms with E-state index in [0.29, 0.717) is 0 Å². The van der Waals surface area contributed by atoms with Gasteiger partial charge in [-0.25, -0.2) is 4.79 Å². The summed E-state index contributed by atoms with van der Waals surface area (Å²) in [5.41, 5.74) is 1.75. The van der Waals surface area contributed by atoms with E-state index in [1.807, 2.05) is 37.3 Å². The third-order valence-corrected chi connectivity index (χ3v) is 3.67. The van der Waals surface area contributed by atoms with Gasteiger partial charge in [-0.05, 0) is 12.5 Å². The van der Waals surface area contributed by atoms with Crippen molar-refractivity contribution >= 4 is 5.97 Å². The summed E-state index contributed by atoms with van der Waals surface area (Å²) in [6, 6.07) is 9.23. The van der Waals surface area contributed by atoms with Crippen molar-refractivity contribution in [2.24, 2.45) is 0 Å². The van der Waals surface area contributed by atoms with Crippen LogP contribution in [0.3, 0.4) is 0 Å². The van der Waals surface area contributed by atoms with Crippen LogP contribution in [0.25, 0.3) is 0 Å². The van der Waals surface area contributed by atoms with Gasteiger partial charge in [0.05, 0.1) is 13.2 Å². The van der Waals surface area contributed by atoms with Crippen LogP contribution in [0.1, 0.15) is 18.5 Å². The number of benzene rings is 1. The minimum absolute atomic E-state index is 0.0572. The maximum Gasteiger partial charge on any atom is 0.359 e. The molecule has 3 N–H and O–H groups in total. The highest BCUT2D eigenvalue weighted by atomic mass is 16.4. The summed E-state index contributed by atoms with van der Waals surface area (Å²) in [6.45, 7) is 5.87. The number of hydrogen-bond donors (Lipinski definition) is 3. The number of quaternary nitrogens is 1. The molecule has 0 aliphatic carbocycles. The fourth-order valence-electron chi connectivity index (χ4n) is 2.99. The molecular weight excluding hydrogens is 270 g/mol. The molecular formula is C16H24NO4+. The second-order valence-electron chi connectivity index (χ2n) is 5.32. The molecule has 0 aliphatic heterocycles. The van der Waals surface area contributed by atoms with Gasteiger partial charge in [-0.2, -0.15) is 0 Å². The average molecular weight is 294 g/mol. The Hall–Kier alpha value is -1.69. The lowest BCUT2D eigenvalue weighted by Gasteiger charge is -2.43. The molecule has 0 bridgehead atoms. The van der Waals surface area contributed by atoms with Crippen LogP contribution in [0.15, 0.2) is 42.5 Å². The summed E-state index contributed by atoms with van der Waals surface area (Å²) >= 11 is 0. The zero-order valence-corrected chi connectivity index (χ0v) is 12.4. The SMILES string of the molecule is C=C(C)C(c1ccccc1)[N+](CCO)(CCO)CC(=O)O. The predicted octanol–water partition coefficient (Wildman–Crippen LogP) is 1.19. The highest BCUT2D eigenvalue weighted by molar-refractivity contribution is 5.68. The fraction of sp³-hybridized carbons (Fsp3) is 0.438. The maximum atomic E-state index is 11.3. The molecule has 0 spiro atoms. The number of aliphatic hydroxyl groups excluding tert-OH is 2. The van der Waals surface area contributed by atoms with E-state index in [1.54, 1.807) is 0 Å². The van der Waals surface area contributed by atoms with Crippen LogP contribution < -0.4 is 0 Å². The van der Waals surface area contributed by atoms with E-state index < -0.39 is 5.97 Å². The zero-order chi connectivity index (χ0) is 15.9. The van der Waals surface area contributed by atoms with Crippen LogP contribution in [0.5, 0.6) is 0 Å². The number of carbonyl (C=O) groups is 1. The zero-order valence-electron chi connectivity index (χ0n) is 12.4. The standard InChI is InChI=1S/C16H23NO4/c1-13(2)16(14-6-4-3-5-7-14)17(8-10-18,9-11-19)12-15(20)21/h3-7,16,18-19H,1,8-12H2,2H3/p+1. The number of carboxylic acids is 1. The van der Waals surface area contributed by atoms with Gasteiger partial charge in [-0.3, -0.25) is 0 Å². The Morgan fingerprint density at radius 3 is 2.10 bits per heavy atom. The fourth-order valence-corrected chi connectivity index (χ4v) is 2.99. The molecule has 1 unspecified atom stereocenters. The van der Waals surface area contributed by atoms with E-state index in [9.17, 15) is 20.1 Å². The first kappa shape index (κ1) is 17.4. The molecule has 1 atom stereocenters. The van der Waals surface area contributed by atoms with Gasteiger partial charge in [0.1, 0.15) is 19.1 Å². The van der Waals surface area contributed by atoms with E-state index in [0.717, 1.165) is 11.1 Å². The van der Waals surface area contributed by atoms with Gasteiger partial charge in [0, 0.05) is 5.56 Å². The molecule has 1 aromatic rings. The van der Waals surface area contributed by atoms with Crippen LogP contribution >= 0.6 is 0 Å². The topological polar surface area (TPSA) is 77.8 Å². The van der Waals surface area contributed by atoms with Gasteiger partial charge in [-0.1, -0.05) is 36.9 Å². The molecule has 5 heteroatoms. The Balaban J connectivity index is 3.34. The Bertz CT molecular complexity index is 466. The summed E-state index contributed by atoms with van der Waals surface area (Å²) in [4.78, 5) is 11.3. The van der Waals surface area contributed by atoms with Crippen molar-refractivity contribution in [2.45, 2.75) is 13.0 Å². The molecule has 21 heavy (non-hydrogen) atoms. The van der Waals surface area contributed by atoms with Crippen LogP contribution in [0.4, 0.5) is 0 Å². The molecule has 116 valence electrons. The highest BCUT2D eigenvalue weighted by Crippen LogP contribution is 2.34. The lowest BCUT2D eigenvalue weighted by Crippen LogP contribution is -2.56. The van der Waals surface area contributed by atoms with Crippen molar-refractivity contribution in [3.63, 3.8) is 0 Å². The smallest absolute Gasteiger partial charge is 0.359 e. The van der Waals surface area contributed by atoms with Crippen LogP contribution in [-0.2, 0) is 4.79 Å². The number of aliphatic carboxylic acids is 1. The molecule has 0 aromatic heterocycles. The van der Waals surface area contributed by atoms with Gasteiger partial charge < -0.3 is 19.8 Å². The van der Waals surface area contributed by atoms with Gasteiger partial charge in [0.2, 0.25) is 0 Å². The molecule has 0 saturated heterocycles. The number of nitrogens with zero attached hydrogens (tertiary/aromatic N) is 1. The number of aliphatic hydroxyl groups is 2. The van der Waals surface area contributed by atoms with Crippen molar-refractivity contribution in [1.29, 1.82) is 0 Å². The normalized spacial score (nSPS) is 12.9. The second kappa shape index (κ2) is 7.93. The monoisotopic (exact) mass is 294 g/mol. The summed E-state index contributed by atoms with van der Waals surface area (Å²) in [5, 5.41) is 28.1. The molecule has 1 aromatic carbocycles. The highest BCUT2D eigenvalue weighted by Gasteiger charge is 2.39. The Morgan fingerprint density at radius 1 is 1.19 bits per heavy atom. The summed E-state index contributed by atoms with van der Waals surface area (Å²) in [7, 11) is 0. The van der Waals surface area contributed by atoms with Crippen molar-refractivity contribution in [3.05, 3.63) is 48.0 Å². The molecule has 0 aliphatic rings. The minimum atomic E-state index is -0.959. The molecule has 0 amide bonds. The third kappa shape index (κ3) is 4.39. The van der Waals surface area contributed by atoms with Gasteiger partial charge in [0.15, 0.2) is 6.54 Å². The molecule has 0 saturated carbocycles. The predicted molar refractivity (Wildman–Crippen MR) is 80.7 cm³/mol. The van der Waals surface area contributed by atoms with E-state index in [2.05, 4.69) is 6.58 Å². The first-order valence-corrected chi connectivity index (χ1v) is 6.96. The first-order chi connectivity index (χ1) is 9.96. The quantitative estimate of drug-likeness (QED) is 0.472. The van der Waals surface area contributed by atoms with Crippen molar-refractivity contribution < 1.29 is 24.6 Å². The molecule has 0 radical (unpaired) electrons. The number of hydrogen-bond acceptors (Lipinski definition) is 3. The van der Waals surface area contributed by atoms with Gasteiger partial charge >= 0.3 is 5.97 Å². The lowest BCUT2D eigenvalue weighted by atomic mass is 9.96. The van der Waals surface area contributed by atoms with Crippen molar-refractivity contribution in [3.8, 4) is 0 Å². The summed E-state index contributed by atoms with van der Waals surface area (Å²) < 4.78 is 0.0572. The second-order valence-corrected chi connectivity index (χ2v) is 5.32. The minimum Gasteiger partial charge on any atom is -0.477 e. The first-order valence-electron chi connectivity index (χ1n) is 6.96. The number of rotatable bonds is 9. The Kier molecular flexibility index (Phi) is 6.55. The maximum absolute atomic E-state index is 11.3. The average Bonchev–Trinajstić information content (AvgIpc) is 2.39. The van der Waals surface area contributed by atoms with E-state index >= 15 is 0 Å².